The maximum atomic E-state index is 13.5. The van der Waals surface area contributed by atoms with Gasteiger partial charge in [0, 0.05) is 35.8 Å². The van der Waals surface area contributed by atoms with E-state index >= 15 is 0 Å². The van der Waals surface area contributed by atoms with Crippen LogP contribution in [0, 0.1) is 26.0 Å². The molecule has 0 bridgehead atoms. The molecule has 0 atom stereocenters. The van der Waals surface area contributed by atoms with E-state index in [4.69, 9.17) is 0 Å². The Morgan fingerprint density at radius 3 is 2.29 bits per heavy atom. The maximum Gasteiger partial charge on any atom is 0.421 e. The van der Waals surface area contributed by atoms with Gasteiger partial charge in [0.15, 0.2) is 0 Å². The highest BCUT2D eigenvalue weighted by molar-refractivity contribution is 5.65. The van der Waals surface area contributed by atoms with E-state index < -0.39 is 38.9 Å². The first-order valence-corrected chi connectivity index (χ1v) is 8.21. The van der Waals surface area contributed by atoms with Gasteiger partial charge in [-0.15, -0.1) is 0 Å². The summed E-state index contributed by atoms with van der Waals surface area (Å²) in [5.41, 5.74) is -2.55. The molecule has 0 amide bonds. The van der Waals surface area contributed by atoms with E-state index in [0.717, 1.165) is 30.3 Å². The van der Waals surface area contributed by atoms with Gasteiger partial charge in [0.05, 0.1) is 9.85 Å². The fraction of sp³-hybridized carbons (Fsp3) is 0.0588. The van der Waals surface area contributed by atoms with Crippen LogP contribution in [0.15, 0.2) is 48.7 Å². The van der Waals surface area contributed by atoms with Crippen LogP contribution in [0.1, 0.15) is 5.56 Å². The predicted molar refractivity (Wildman–Crippen MR) is 99.8 cm³/mol. The molecule has 0 fully saturated rings. The number of hydrogen-bond donors (Lipinski definition) is 2. The molecule has 2 N–H and O–H groups in total. The lowest BCUT2D eigenvalue weighted by atomic mass is 10.2. The van der Waals surface area contributed by atoms with Crippen molar-refractivity contribution in [2.45, 2.75) is 6.18 Å². The number of nitrogens with zero attached hydrogens (tertiary/aromatic N) is 4. The zero-order valence-corrected chi connectivity index (χ0v) is 15.1. The van der Waals surface area contributed by atoms with Gasteiger partial charge in [-0.05, 0) is 18.2 Å². The third-order valence-electron chi connectivity index (χ3n) is 3.81. The molecule has 3 aromatic rings. The fourth-order valence-corrected chi connectivity index (χ4v) is 2.44. The van der Waals surface area contributed by atoms with Crippen molar-refractivity contribution in [3.63, 3.8) is 0 Å². The molecule has 1 aromatic heterocycles. The first-order chi connectivity index (χ1) is 14.5. The quantitative estimate of drug-likeness (QED) is 0.314. The van der Waals surface area contributed by atoms with Crippen molar-refractivity contribution in [1.29, 1.82) is 0 Å². The number of hydrogen-bond acceptors (Lipinski definition) is 8. The molecule has 1 heterocycles. The van der Waals surface area contributed by atoms with Crippen molar-refractivity contribution in [1.82, 2.24) is 9.97 Å². The van der Waals surface area contributed by atoms with Gasteiger partial charge in [-0.3, -0.25) is 20.2 Å². The van der Waals surface area contributed by atoms with Crippen molar-refractivity contribution in [2.75, 3.05) is 10.6 Å². The van der Waals surface area contributed by atoms with Crippen LogP contribution >= 0.6 is 0 Å². The molecule has 0 spiro atoms. The number of aromatic nitrogens is 2. The van der Waals surface area contributed by atoms with Crippen LogP contribution in [0.4, 0.5) is 52.1 Å². The van der Waals surface area contributed by atoms with Gasteiger partial charge in [-0.25, -0.2) is 4.98 Å². The normalized spacial score (nSPS) is 11.1. The van der Waals surface area contributed by atoms with Gasteiger partial charge >= 0.3 is 11.9 Å². The lowest BCUT2D eigenvalue weighted by Gasteiger charge is -2.15. The average molecular weight is 438 g/mol. The second-order valence-corrected chi connectivity index (χ2v) is 5.93. The Kier molecular flexibility index (Phi) is 5.63. The van der Waals surface area contributed by atoms with Crippen molar-refractivity contribution in [3.8, 4) is 0 Å². The third-order valence-corrected chi connectivity index (χ3v) is 3.81. The number of nitro groups is 2. The Morgan fingerprint density at radius 2 is 1.65 bits per heavy atom. The summed E-state index contributed by atoms with van der Waals surface area (Å²) in [6, 6.07) is 7.47. The van der Waals surface area contributed by atoms with Crippen molar-refractivity contribution >= 4 is 34.5 Å². The van der Waals surface area contributed by atoms with Crippen LogP contribution < -0.4 is 10.6 Å². The molecule has 0 saturated heterocycles. The highest BCUT2D eigenvalue weighted by Crippen LogP contribution is 2.36. The molecular formula is C17H10F4N6O4. The first kappa shape index (κ1) is 21.4. The van der Waals surface area contributed by atoms with E-state index in [-0.39, 0.29) is 23.0 Å². The summed E-state index contributed by atoms with van der Waals surface area (Å²) in [6.45, 7) is 0. The molecule has 0 aliphatic heterocycles. The lowest BCUT2D eigenvalue weighted by Crippen LogP contribution is -2.12. The molecule has 2 aromatic carbocycles. The second-order valence-electron chi connectivity index (χ2n) is 5.93. The van der Waals surface area contributed by atoms with Gasteiger partial charge in [-0.2, -0.15) is 22.5 Å². The standard InChI is InChI=1S/C17H10F4N6O4/c18-13-5-4-10(7-14(13)27(30)31)24-16-22-8-12(17(19,20)21)15(25-16)23-9-2-1-3-11(6-9)26(28)29/h1-8H,(H2,22,23,24,25). The lowest BCUT2D eigenvalue weighted by molar-refractivity contribution is -0.387. The Morgan fingerprint density at radius 1 is 0.935 bits per heavy atom. The molecule has 14 heteroatoms. The van der Waals surface area contributed by atoms with Crippen molar-refractivity contribution in [2.24, 2.45) is 0 Å². The van der Waals surface area contributed by atoms with E-state index in [2.05, 4.69) is 20.6 Å². The van der Waals surface area contributed by atoms with Crippen molar-refractivity contribution in [3.05, 3.63) is 80.3 Å². The zero-order chi connectivity index (χ0) is 22.8. The number of alkyl halides is 3. The van der Waals surface area contributed by atoms with Gasteiger partial charge in [0.2, 0.25) is 11.8 Å². The molecule has 0 saturated carbocycles. The first-order valence-electron chi connectivity index (χ1n) is 8.21. The molecular weight excluding hydrogens is 428 g/mol. The van der Waals surface area contributed by atoms with E-state index in [0.29, 0.717) is 6.20 Å². The van der Waals surface area contributed by atoms with Crippen LogP contribution in [0.5, 0.6) is 0 Å². The largest absolute Gasteiger partial charge is 0.421 e. The Hall–Kier alpha value is -4.36. The molecule has 0 unspecified atom stereocenters. The molecule has 0 aliphatic carbocycles. The highest BCUT2D eigenvalue weighted by atomic mass is 19.4. The molecule has 31 heavy (non-hydrogen) atoms. The molecule has 10 nitrogen and oxygen atoms in total. The number of anilines is 4. The minimum atomic E-state index is -4.85. The van der Waals surface area contributed by atoms with Crippen LogP contribution in [0.2, 0.25) is 0 Å². The zero-order valence-electron chi connectivity index (χ0n) is 15.1. The maximum absolute atomic E-state index is 13.5. The van der Waals surface area contributed by atoms with Crippen LogP contribution in [-0.2, 0) is 6.18 Å². The molecule has 160 valence electrons. The predicted octanol–water partition coefficient (Wildman–Crippen LogP) is 4.94. The fourth-order valence-electron chi connectivity index (χ4n) is 2.44. The average Bonchev–Trinajstić information content (AvgIpc) is 2.68. The molecule has 0 radical (unpaired) electrons. The number of rotatable bonds is 6. The summed E-state index contributed by atoms with van der Waals surface area (Å²) in [6.07, 6.45) is -4.39. The minimum Gasteiger partial charge on any atom is -0.339 e. The van der Waals surface area contributed by atoms with Crippen LogP contribution in [-0.4, -0.2) is 19.8 Å². The number of non-ortho nitro benzene ring substituents is 1. The summed E-state index contributed by atoms with van der Waals surface area (Å²) in [4.78, 5) is 27.3. The highest BCUT2D eigenvalue weighted by Gasteiger charge is 2.35. The van der Waals surface area contributed by atoms with Gasteiger partial charge in [0.25, 0.3) is 5.69 Å². The second kappa shape index (κ2) is 8.17. The number of benzene rings is 2. The third kappa shape index (κ3) is 4.98. The van der Waals surface area contributed by atoms with Crippen molar-refractivity contribution < 1.29 is 27.4 Å². The topological polar surface area (TPSA) is 136 Å². The van der Waals surface area contributed by atoms with E-state index in [1.165, 1.54) is 12.1 Å². The van der Waals surface area contributed by atoms with Crippen LogP contribution in [0.3, 0.4) is 0 Å². The minimum absolute atomic E-state index is 0.0400. The smallest absolute Gasteiger partial charge is 0.339 e. The van der Waals surface area contributed by atoms with E-state index in [1.807, 2.05) is 0 Å². The molecule has 0 aliphatic rings. The molecule has 3 rings (SSSR count). The summed E-state index contributed by atoms with van der Waals surface area (Å²) >= 11 is 0. The Balaban J connectivity index is 1.98. The van der Waals surface area contributed by atoms with Gasteiger partial charge < -0.3 is 10.6 Å². The Bertz CT molecular complexity index is 1170. The monoisotopic (exact) mass is 438 g/mol. The summed E-state index contributed by atoms with van der Waals surface area (Å²) in [7, 11) is 0. The number of nitro benzene ring substituents is 2. The van der Waals surface area contributed by atoms with Gasteiger partial charge in [0.1, 0.15) is 11.4 Å². The SMILES string of the molecule is O=[N+]([O-])c1cccc(Nc2nc(Nc3ccc(F)c([N+](=O)[O-])c3)ncc2C(F)(F)F)c1. The number of nitrogens with one attached hydrogen (secondary N) is 2. The van der Waals surface area contributed by atoms with Crippen LogP contribution in [0.25, 0.3) is 0 Å². The summed E-state index contributed by atoms with van der Waals surface area (Å²) < 4.78 is 53.5. The van der Waals surface area contributed by atoms with E-state index in [9.17, 15) is 37.8 Å². The van der Waals surface area contributed by atoms with Gasteiger partial charge in [-0.1, -0.05) is 6.07 Å². The van der Waals surface area contributed by atoms with E-state index in [1.54, 1.807) is 0 Å². The summed E-state index contributed by atoms with van der Waals surface area (Å²) in [5, 5.41) is 26.5. The Labute approximate surface area is 169 Å². The number of halogens is 4. The summed E-state index contributed by atoms with van der Waals surface area (Å²) in [5.74, 6) is -2.21.